The predicted octanol–water partition coefficient (Wildman–Crippen LogP) is 2.71. The number of hydrogen-bond acceptors (Lipinski definition) is 5. The van der Waals surface area contributed by atoms with Gasteiger partial charge in [0.25, 0.3) is 0 Å². The molecule has 6 heteroatoms. The zero-order valence-electron chi connectivity index (χ0n) is 14.3. The number of hydrogen-bond donors (Lipinski definition) is 3. The van der Waals surface area contributed by atoms with E-state index in [1.807, 2.05) is 42.5 Å². The topological polar surface area (TPSA) is 88.8 Å². The molecule has 3 rings (SSSR count). The Kier molecular flexibility index (Phi) is 5.64. The molecule has 3 aromatic rings. The van der Waals surface area contributed by atoms with E-state index in [2.05, 4.69) is 32.6 Å². The Balaban J connectivity index is 1.51. The number of benzene rings is 2. The van der Waals surface area contributed by atoms with E-state index in [0.29, 0.717) is 5.82 Å². The Bertz CT molecular complexity index is 787. The summed E-state index contributed by atoms with van der Waals surface area (Å²) in [5, 5.41) is 10.6. The summed E-state index contributed by atoms with van der Waals surface area (Å²) in [5.74, 6) is 2.31. The monoisotopic (exact) mass is 337 g/mol. The second kappa shape index (κ2) is 8.30. The molecular weight excluding hydrogens is 314 g/mol. The van der Waals surface area contributed by atoms with Crippen LogP contribution in [0.15, 0.2) is 54.6 Å². The number of H-pyrrole nitrogens is 1. The number of rotatable bonds is 8. The maximum absolute atomic E-state index is 6.22. The Morgan fingerprint density at radius 2 is 2.00 bits per heavy atom. The third-order valence-corrected chi connectivity index (χ3v) is 3.94. The minimum absolute atomic E-state index is 0.209. The molecule has 0 saturated heterocycles. The Labute approximate surface area is 147 Å². The minimum atomic E-state index is -0.209. The zero-order valence-corrected chi connectivity index (χ0v) is 14.3. The molecule has 0 aliphatic rings. The molecule has 0 unspecified atom stereocenters. The fourth-order valence-electron chi connectivity index (χ4n) is 2.61. The smallest absolute Gasteiger partial charge is 0.167 e. The molecule has 1 aromatic heterocycles. The number of nitrogens with two attached hydrogens (primary N) is 1. The molecule has 0 bridgehead atoms. The van der Waals surface area contributed by atoms with Crippen molar-refractivity contribution in [2.75, 3.05) is 19.0 Å². The van der Waals surface area contributed by atoms with Crippen LogP contribution in [0.4, 0.5) is 5.69 Å². The quantitative estimate of drug-likeness (QED) is 0.588. The normalized spacial score (nSPS) is 11.9. The molecule has 0 fully saturated rings. The molecule has 130 valence electrons. The van der Waals surface area contributed by atoms with Crippen LogP contribution in [0.25, 0.3) is 0 Å². The molecular formula is C19H23N5O. The first-order chi connectivity index (χ1) is 12.2. The maximum atomic E-state index is 6.22. The molecule has 0 radical (unpaired) electrons. The van der Waals surface area contributed by atoms with E-state index < -0.39 is 0 Å². The molecule has 0 spiro atoms. The van der Waals surface area contributed by atoms with E-state index in [4.69, 9.17) is 10.5 Å². The SMILES string of the molecule is COc1cccc(NCCc2nc([C@@H](N)Cc3ccccc3)n[nH]2)c1. The lowest BCUT2D eigenvalue weighted by Gasteiger charge is -2.07. The second-order valence-corrected chi connectivity index (χ2v) is 5.85. The van der Waals surface area contributed by atoms with Crippen LogP contribution < -0.4 is 15.8 Å². The van der Waals surface area contributed by atoms with E-state index in [-0.39, 0.29) is 6.04 Å². The Morgan fingerprint density at radius 1 is 1.16 bits per heavy atom. The average molecular weight is 337 g/mol. The molecule has 6 nitrogen and oxygen atoms in total. The van der Waals surface area contributed by atoms with Crippen LogP contribution in [-0.2, 0) is 12.8 Å². The van der Waals surface area contributed by atoms with Gasteiger partial charge in [0.05, 0.1) is 13.2 Å². The first-order valence-electron chi connectivity index (χ1n) is 8.33. The minimum Gasteiger partial charge on any atom is -0.497 e. The van der Waals surface area contributed by atoms with Crippen molar-refractivity contribution in [2.45, 2.75) is 18.9 Å². The van der Waals surface area contributed by atoms with Gasteiger partial charge in [0.2, 0.25) is 0 Å². The van der Waals surface area contributed by atoms with Gasteiger partial charge in [-0.05, 0) is 24.1 Å². The van der Waals surface area contributed by atoms with Crippen molar-refractivity contribution in [1.82, 2.24) is 15.2 Å². The third-order valence-electron chi connectivity index (χ3n) is 3.94. The van der Waals surface area contributed by atoms with Gasteiger partial charge in [-0.1, -0.05) is 36.4 Å². The molecule has 0 aliphatic heterocycles. The predicted molar refractivity (Wildman–Crippen MR) is 98.6 cm³/mol. The van der Waals surface area contributed by atoms with Crippen LogP contribution in [0.1, 0.15) is 23.3 Å². The molecule has 25 heavy (non-hydrogen) atoms. The van der Waals surface area contributed by atoms with Gasteiger partial charge in [0, 0.05) is 24.7 Å². The average Bonchev–Trinajstić information content (AvgIpc) is 3.12. The Hall–Kier alpha value is -2.86. The zero-order chi connectivity index (χ0) is 17.5. The highest BCUT2D eigenvalue weighted by Gasteiger charge is 2.12. The molecule has 1 heterocycles. The van der Waals surface area contributed by atoms with E-state index in [0.717, 1.165) is 36.6 Å². The number of nitrogens with one attached hydrogen (secondary N) is 2. The lowest BCUT2D eigenvalue weighted by atomic mass is 10.1. The first-order valence-corrected chi connectivity index (χ1v) is 8.33. The highest BCUT2D eigenvalue weighted by molar-refractivity contribution is 5.48. The van der Waals surface area contributed by atoms with Crippen molar-refractivity contribution < 1.29 is 4.74 Å². The van der Waals surface area contributed by atoms with E-state index in [1.165, 1.54) is 5.56 Å². The van der Waals surface area contributed by atoms with Crippen molar-refractivity contribution in [2.24, 2.45) is 5.73 Å². The summed E-state index contributed by atoms with van der Waals surface area (Å²) in [6.45, 7) is 0.746. The van der Waals surface area contributed by atoms with Crippen LogP contribution in [0.5, 0.6) is 5.75 Å². The highest BCUT2D eigenvalue weighted by Crippen LogP contribution is 2.16. The van der Waals surface area contributed by atoms with Crippen molar-refractivity contribution >= 4 is 5.69 Å². The first kappa shape index (κ1) is 17.0. The summed E-state index contributed by atoms with van der Waals surface area (Å²) in [7, 11) is 1.66. The second-order valence-electron chi connectivity index (χ2n) is 5.85. The van der Waals surface area contributed by atoms with Gasteiger partial charge in [0.15, 0.2) is 5.82 Å². The highest BCUT2D eigenvalue weighted by atomic mass is 16.5. The number of ether oxygens (including phenoxy) is 1. The van der Waals surface area contributed by atoms with E-state index in [1.54, 1.807) is 7.11 Å². The number of aromatic nitrogens is 3. The van der Waals surface area contributed by atoms with Gasteiger partial charge < -0.3 is 15.8 Å². The summed E-state index contributed by atoms with van der Waals surface area (Å²) >= 11 is 0. The van der Waals surface area contributed by atoms with E-state index >= 15 is 0 Å². The molecule has 2 aromatic carbocycles. The van der Waals surface area contributed by atoms with Gasteiger partial charge in [-0.3, -0.25) is 5.10 Å². The standard InChI is InChI=1S/C19H23N5O/c1-25-16-9-5-8-15(13-16)21-11-10-18-22-19(24-23-18)17(20)12-14-6-3-2-4-7-14/h2-9,13,17,21H,10-12,20H2,1H3,(H,22,23,24)/t17-/m0/s1. The van der Waals surface area contributed by atoms with Crippen molar-refractivity contribution in [3.05, 3.63) is 71.8 Å². The van der Waals surface area contributed by atoms with Crippen molar-refractivity contribution in [3.63, 3.8) is 0 Å². The van der Waals surface area contributed by atoms with Gasteiger partial charge in [-0.2, -0.15) is 5.10 Å². The van der Waals surface area contributed by atoms with Crippen LogP contribution in [0.2, 0.25) is 0 Å². The maximum Gasteiger partial charge on any atom is 0.167 e. The van der Waals surface area contributed by atoms with E-state index in [9.17, 15) is 0 Å². The fraction of sp³-hybridized carbons (Fsp3) is 0.263. The molecule has 0 aliphatic carbocycles. The third kappa shape index (κ3) is 4.81. The lowest BCUT2D eigenvalue weighted by molar-refractivity contribution is 0.415. The van der Waals surface area contributed by atoms with Gasteiger partial charge >= 0.3 is 0 Å². The molecule has 1 atom stereocenters. The van der Waals surface area contributed by atoms with Gasteiger partial charge in [0.1, 0.15) is 11.6 Å². The number of nitrogens with zero attached hydrogens (tertiary/aromatic N) is 2. The summed E-state index contributed by atoms with van der Waals surface area (Å²) in [6.07, 6.45) is 1.46. The van der Waals surface area contributed by atoms with Crippen LogP contribution in [-0.4, -0.2) is 28.8 Å². The Morgan fingerprint density at radius 3 is 2.80 bits per heavy atom. The van der Waals surface area contributed by atoms with Gasteiger partial charge in [-0.15, -0.1) is 0 Å². The number of methoxy groups -OCH3 is 1. The fourth-order valence-corrected chi connectivity index (χ4v) is 2.61. The van der Waals surface area contributed by atoms with Crippen LogP contribution in [0.3, 0.4) is 0 Å². The molecule has 0 amide bonds. The summed E-state index contributed by atoms with van der Waals surface area (Å²) in [5.41, 5.74) is 8.41. The van der Waals surface area contributed by atoms with Crippen LogP contribution >= 0.6 is 0 Å². The lowest BCUT2D eigenvalue weighted by Crippen LogP contribution is -2.15. The summed E-state index contributed by atoms with van der Waals surface area (Å²) in [6, 6.07) is 17.8. The summed E-state index contributed by atoms with van der Waals surface area (Å²) in [4.78, 5) is 4.51. The molecule has 4 N–H and O–H groups in total. The van der Waals surface area contributed by atoms with Crippen LogP contribution in [0, 0.1) is 0 Å². The van der Waals surface area contributed by atoms with Gasteiger partial charge in [-0.25, -0.2) is 4.98 Å². The summed E-state index contributed by atoms with van der Waals surface area (Å²) < 4.78 is 5.22. The number of aromatic amines is 1. The molecule has 0 saturated carbocycles. The van der Waals surface area contributed by atoms with Crippen molar-refractivity contribution in [1.29, 1.82) is 0 Å². The largest absolute Gasteiger partial charge is 0.497 e. The number of anilines is 1. The van der Waals surface area contributed by atoms with Crippen molar-refractivity contribution in [3.8, 4) is 5.75 Å².